The maximum Gasteiger partial charge on any atom is 0.323 e. The predicted octanol–water partition coefficient (Wildman–Crippen LogP) is 1.10. The monoisotopic (exact) mass is 215 g/mol. The van der Waals surface area contributed by atoms with E-state index in [0.717, 1.165) is 25.8 Å². The maximum atomic E-state index is 11.6. The van der Waals surface area contributed by atoms with Crippen molar-refractivity contribution in [1.29, 1.82) is 0 Å². The molecule has 1 saturated heterocycles. The molecule has 1 aliphatic heterocycles. The first-order chi connectivity index (χ1) is 7.34. The molecule has 1 unspecified atom stereocenters. The Morgan fingerprint density at radius 2 is 2.20 bits per heavy atom. The third-order valence-corrected chi connectivity index (χ3v) is 2.52. The van der Waals surface area contributed by atoms with Crippen LogP contribution in [0.2, 0.25) is 0 Å². The molecule has 1 atom stereocenters. The molecule has 4 heteroatoms. The van der Waals surface area contributed by atoms with Gasteiger partial charge in [-0.05, 0) is 26.3 Å². The largest absolute Gasteiger partial charge is 0.462 e. The Labute approximate surface area is 91.3 Å². The van der Waals surface area contributed by atoms with Crippen molar-refractivity contribution in [3.63, 3.8) is 0 Å². The van der Waals surface area contributed by atoms with Gasteiger partial charge in [0.25, 0.3) is 0 Å². The molecular formula is C11H21NO3. The molecule has 0 aromatic carbocycles. The molecule has 0 aromatic rings. The van der Waals surface area contributed by atoms with Crippen molar-refractivity contribution < 1.29 is 14.3 Å². The molecule has 4 nitrogen and oxygen atoms in total. The van der Waals surface area contributed by atoms with Gasteiger partial charge < -0.3 is 14.8 Å². The molecule has 0 saturated carbocycles. The van der Waals surface area contributed by atoms with Gasteiger partial charge in [0.1, 0.15) is 12.6 Å². The quantitative estimate of drug-likeness (QED) is 0.551. The molecule has 1 N–H and O–H groups in total. The van der Waals surface area contributed by atoms with E-state index in [9.17, 15) is 4.79 Å². The first-order valence-corrected chi connectivity index (χ1v) is 5.82. The van der Waals surface area contributed by atoms with Crippen molar-refractivity contribution in [2.75, 3.05) is 26.4 Å². The minimum absolute atomic E-state index is 0.103. The van der Waals surface area contributed by atoms with Crippen molar-refractivity contribution in [2.45, 2.75) is 38.6 Å². The van der Waals surface area contributed by atoms with Crippen molar-refractivity contribution in [1.82, 2.24) is 5.32 Å². The highest BCUT2D eigenvalue weighted by Crippen LogP contribution is 2.09. The number of esters is 1. The van der Waals surface area contributed by atoms with Gasteiger partial charge in [0.2, 0.25) is 0 Å². The van der Waals surface area contributed by atoms with E-state index in [1.807, 2.05) is 6.92 Å². The van der Waals surface area contributed by atoms with Crippen LogP contribution in [0.4, 0.5) is 0 Å². The van der Waals surface area contributed by atoms with Crippen LogP contribution in [0.3, 0.4) is 0 Å². The molecule has 15 heavy (non-hydrogen) atoms. The van der Waals surface area contributed by atoms with E-state index in [1.54, 1.807) is 0 Å². The average Bonchev–Trinajstić information content (AvgIpc) is 2.52. The van der Waals surface area contributed by atoms with Gasteiger partial charge in [-0.2, -0.15) is 0 Å². The minimum atomic E-state index is -0.128. The van der Waals surface area contributed by atoms with Gasteiger partial charge in [0.15, 0.2) is 0 Å². The summed E-state index contributed by atoms with van der Waals surface area (Å²) < 4.78 is 10.2. The second-order valence-corrected chi connectivity index (χ2v) is 3.72. The van der Waals surface area contributed by atoms with Gasteiger partial charge in [-0.3, -0.25) is 4.79 Å². The summed E-state index contributed by atoms with van der Waals surface area (Å²) in [5, 5.41) is 3.21. The Morgan fingerprint density at radius 1 is 1.33 bits per heavy atom. The summed E-state index contributed by atoms with van der Waals surface area (Å²) in [5.74, 6) is -0.128. The average molecular weight is 215 g/mol. The third kappa shape index (κ3) is 5.14. The molecule has 0 bridgehead atoms. The molecular weight excluding hydrogens is 194 g/mol. The molecule has 0 radical (unpaired) electrons. The fraction of sp³-hybridized carbons (Fsp3) is 0.909. The van der Waals surface area contributed by atoms with Crippen molar-refractivity contribution >= 4 is 5.97 Å². The van der Waals surface area contributed by atoms with Crippen LogP contribution >= 0.6 is 0 Å². The van der Waals surface area contributed by atoms with E-state index in [0.29, 0.717) is 19.8 Å². The van der Waals surface area contributed by atoms with Crippen LogP contribution in [-0.2, 0) is 14.3 Å². The summed E-state index contributed by atoms with van der Waals surface area (Å²) in [5.41, 5.74) is 0. The predicted molar refractivity (Wildman–Crippen MR) is 57.7 cm³/mol. The number of nitrogens with one attached hydrogen (secondary N) is 1. The summed E-state index contributed by atoms with van der Waals surface area (Å²) in [6, 6.07) is -0.103. The maximum absolute atomic E-state index is 11.6. The van der Waals surface area contributed by atoms with E-state index < -0.39 is 0 Å². The molecule has 1 rings (SSSR count). The van der Waals surface area contributed by atoms with Crippen molar-refractivity contribution in [3.8, 4) is 0 Å². The highest BCUT2D eigenvalue weighted by Gasteiger charge is 2.20. The van der Waals surface area contributed by atoms with Crippen LogP contribution in [0, 0.1) is 0 Å². The third-order valence-electron chi connectivity index (χ3n) is 2.52. The molecule has 0 aromatic heterocycles. The Balaban J connectivity index is 2.14. The molecule has 1 aliphatic rings. The summed E-state index contributed by atoms with van der Waals surface area (Å²) in [7, 11) is 0. The van der Waals surface area contributed by atoms with Crippen LogP contribution in [0.15, 0.2) is 0 Å². The van der Waals surface area contributed by atoms with Gasteiger partial charge in [-0.15, -0.1) is 0 Å². The lowest BCUT2D eigenvalue weighted by Gasteiger charge is -2.14. The zero-order valence-corrected chi connectivity index (χ0v) is 9.46. The number of rotatable bonds is 5. The van der Waals surface area contributed by atoms with Crippen molar-refractivity contribution in [3.05, 3.63) is 0 Å². The van der Waals surface area contributed by atoms with Crippen LogP contribution in [0.5, 0.6) is 0 Å². The lowest BCUT2D eigenvalue weighted by atomic mass is 10.1. The Morgan fingerprint density at radius 3 is 3.00 bits per heavy atom. The zero-order chi connectivity index (χ0) is 10.9. The normalized spacial score (nSPS) is 22.1. The summed E-state index contributed by atoms with van der Waals surface area (Å²) in [6.07, 6.45) is 4.37. The lowest BCUT2D eigenvalue weighted by Crippen LogP contribution is -2.37. The van der Waals surface area contributed by atoms with Gasteiger partial charge >= 0.3 is 5.97 Å². The van der Waals surface area contributed by atoms with Gasteiger partial charge in [-0.1, -0.05) is 12.8 Å². The summed E-state index contributed by atoms with van der Waals surface area (Å²) in [6.45, 7) is 4.37. The number of ether oxygens (including phenoxy) is 2. The number of hydrogen-bond acceptors (Lipinski definition) is 4. The van der Waals surface area contributed by atoms with Crippen LogP contribution in [0.1, 0.15) is 32.6 Å². The standard InChI is InChI=1S/C11H21NO3/c1-2-14-8-9-15-11(13)10-6-4-3-5-7-12-10/h10,12H,2-9H2,1H3. The van der Waals surface area contributed by atoms with E-state index >= 15 is 0 Å². The first kappa shape index (κ1) is 12.5. The lowest BCUT2D eigenvalue weighted by molar-refractivity contribution is -0.147. The zero-order valence-electron chi connectivity index (χ0n) is 9.46. The Kier molecular flexibility index (Phi) is 6.36. The van der Waals surface area contributed by atoms with Crippen molar-refractivity contribution in [2.24, 2.45) is 0 Å². The topological polar surface area (TPSA) is 47.6 Å². The van der Waals surface area contributed by atoms with Crippen LogP contribution in [-0.4, -0.2) is 38.4 Å². The molecule has 0 amide bonds. The SMILES string of the molecule is CCOCCOC(=O)C1CCCCCN1. The molecule has 0 spiro atoms. The number of carbonyl (C=O) groups is 1. The Hall–Kier alpha value is -0.610. The highest BCUT2D eigenvalue weighted by molar-refractivity contribution is 5.75. The van der Waals surface area contributed by atoms with Crippen LogP contribution < -0.4 is 5.32 Å². The molecule has 1 heterocycles. The Bertz CT molecular complexity index is 177. The first-order valence-electron chi connectivity index (χ1n) is 5.82. The van der Waals surface area contributed by atoms with E-state index in [1.165, 1.54) is 6.42 Å². The van der Waals surface area contributed by atoms with E-state index in [4.69, 9.17) is 9.47 Å². The van der Waals surface area contributed by atoms with E-state index in [2.05, 4.69) is 5.32 Å². The molecule has 1 fully saturated rings. The molecule has 0 aliphatic carbocycles. The van der Waals surface area contributed by atoms with Crippen LogP contribution in [0.25, 0.3) is 0 Å². The fourth-order valence-corrected chi connectivity index (χ4v) is 1.68. The summed E-state index contributed by atoms with van der Waals surface area (Å²) >= 11 is 0. The highest BCUT2D eigenvalue weighted by atomic mass is 16.6. The second kappa shape index (κ2) is 7.65. The minimum Gasteiger partial charge on any atom is -0.462 e. The van der Waals surface area contributed by atoms with Gasteiger partial charge in [-0.25, -0.2) is 0 Å². The smallest absolute Gasteiger partial charge is 0.323 e. The number of hydrogen-bond donors (Lipinski definition) is 1. The fourth-order valence-electron chi connectivity index (χ4n) is 1.68. The summed E-state index contributed by atoms with van der Waals surface area (Å²) in [4.78, 5) is 11.6. The van der Waals surface area contributed by atoms with Gasteiger partial charge in [0.05, 0.1) is 6.61 Å². The molecule has 88 valence electrons. The second-order valence-electron chi connectivity index (χ2n) is 3.72. The van der Waals surface area contributed by atoms with E-state index in [-0.39, 0.29) is 12.0 Å². The van der Waals surface area contributed by atoms with Gasteiger partial charge in [0, 0.05) is 6.61 Å². The number of carbonyl (C=O) groups excluding carboxylic acids is 1.